The second-order valence-corrected chi connectivity index (χ2v) is 4.99. The molecule has 0 radical (unpaired) electrons. The Bertz CT molecular complexity index is 759. The quantitative estimate of drug-likeness (QED) is 0.362. The van der Waals surface area contributed by atoms with Crippen LogP contribution in [0.2, 0.25) is 0 Å². The van der Waals surface area contributed by atoms with Gasteiger partial charge >= 0.3 is 6.18 Å². The smallest absolute Gasteiger partial charge is 0.288 e. The van der Waals surface area contributed by atoms with Crippen LogP contribution < -0.4 is 0 Å². The molecular weight excluding hydrogens is 305 g/mol. The van der Waals surface area contributed by atoms with E-state index in [0.29, 0.717) is 5.56 Å². The van der Waals surface area contributed by atoms with Gasteiger partial charge in [0, 0.05) is 5.56 Å². The Morgan fingerprint density at radius 2 is 1.61 bits per heavy atom. The molecule has 2 rings (SSSR count). The maximum Gasteiger partial charge on any atom is 0.455 e. The normalized spacial score (nSPS) is 12.1. The number of hydrogen-bond donors (Lipinski definition) is 0. The minimum atomic E-state index is -5.11. The standard InChI is InChI=1S/C18H13F3O2/c1-12-6-5-7-13(10-12)11-15(17(23)18(19,20)21)16(22)14-8-3-2-4-9-14/h2-11H,1H3/b15-11-. The molecule has 0 saturated carbocycles. The molecule has 2 aromatic carbocycles. The molecule has 0 saturated heterocycles. The van der Waals surface area contributed by atoms with E-state index in [2.05, 4.69) is 0 Å². The van der Waals surface area contributed by atoms with Crippen LogP contribution in [-0.4, -0.2) is 17.7 Å². The zero-order valence-corrected chi connectivity index (χ0v) is 12.2. The molecular formula is C18H13F3O2. The summed E-state index contributed by atoms with van der Waals surface area (Å²) < 4.78 is 38.4. The van der Waals surface area contributed by atoms with Crippen molar-refractivity contribution < 1.29 is 22.8 Å². The van der Waals surface area contributed by atoms with E-state index in [1.807, 2.05) is 0 Å². The van der Waals surface area contributed by atoms with Crippen molar-refractivity contribution in [2.45, 2.75) is 13.1 Å². The van der Waals surface area contributed by atoms with Crippen molar-refractivity contribution >= 4 is 17.6 Å². The van der Waals surface area contributed by atoms with Gasteiger partial charge in [0.15, 0.2) is 5.78 Å². The fourth-order valence-electron chi connectivity index (χ4n) is 2.06. The third-order valence-electron chi connectivity index (χ3n) is 3.14. The van der Waals surface area contributed by atoms with Crippen molar-refractivity contribution in [3.8, 4) is 0 Å². The van der Waals surface area contributed by atoms with Crippen LogP contribution in [0.1, 0.15) is 21.5 Å². The van der Waals surface area contributed by atoms with Crippen LogP contribution in [0.4, 0.5) is 13.2 Å². The van der Waals surface area contributed by atoms with Crippen molar-refractivity contribution in [1.29, 1.82) is 0 Å². The number of Topliss-reactive ketones (excluding diaryl/α,β-unsaturated/α-hetero) is 2. The predicted molar refractivity (Wildman–Crippen MR) is 81.0 cm³/mol. The molecule has 0 atom stereocenters. The Hall–Kier alpha value is -2.69. The van der Waals surface area contributed by atoms with Crippen LogP contribution in [0, 0.1) is 6.92 Å². The molecule has 0 spiro atoms. The van der Waals surface area contributed by atoms with E-state index in [1.54, 1.807) is 31.2 Å². The first-order chi connectivity index (χ1) is 10.8. The number of allylic oxidation sites excluding steroid dienone is 1. The lowest BCUT2D eigenvalue weighted by molar-refractivity contribution is -0.166. The Labute approximate surface area is 131 Å². The van der Waals surface area contributed by atoms with Gasteiger partial charge in [-0.05, 0) is 18.6 Å². The summed E-state index contributed by atoms with van der Waals surface area (Å²) in [6, 6.07) is 14.0. The minimum Gasteiger partial charge on any atom is -0.288 e. The van der Waals surface area contributed by atoms with Gasteiger partial charge in [-0.15, -0.1) is 0 Å². The Morgan fingerprint density at radius 3 is 2.17 bits per heavy atom. The fraction of sp³-hybridized carbons (Fsp3) is 0.111. The summed E-state index contributed by atoms with van der Waals surface area (Å²) in [5, 5.41) is 0. The van der Waals surface area contributed by atoms with Crippen LogP contribution in [0.3, 0.4) is 0 Å². The second-order valence-electron chi connectivity index (χ2n) is 4.99. The first-order valence-electron chi connectivity index (χ1n) is 6.78. The molecule has 0 heterocycles. The molecule has 0 aliphatic carbocycles. The van der Waals surface area contributed by atoms with Crippen molar-refractivity contribution in [2.75, 3.05) is 0 Å². The van der Waals surface area contributed by atoms with Crippen molar-refractivity contribution in [3.63, 3.8) is 0 Å². The summed E-state index contributed by atoms with van der Waals surface area (Å²) >= 11 is 0. The molecule has 0 N–H and O–H groups in total. The van der Waals surface area contributed by atoms with Gasteiger partial charge in [-0.1, -0.05) is 60.2 Å². The van der Waals surface area contributed by atoms with E-state index in [0.717, 1.165) is 11.6 Å². The van der Waals surface area contributed by atoms with Crippen LogP contribution >= 0.6 is 0 Å². The van der Waals surface area contributed by atoms with Crippen molar-refractivity contribution in [2.24, 2.45) is 0 Å². The second kappa shape index (κ2) is 6.60. The highest BCUT2D eigenvalue weighted by molar-refractivity contribution is 6.30. The molecule has 0 aliphatic heterocycles. The number of alkyl halides is 3. The third kappa shape index (κ3) is 4.16. The molecule has 23 heavy (non-hydrogen) atoms. The summed E-state index contributed by atoms with van der Waals surface area (Å²) in [5.41, 5.74) is 0.310. The number of aryl methyl sites for hydroxylation is 1. The molecule has 0 aliphatic rings. The minimum absolute atomic E-state index is 0.0315. The van der Waals surface area contributed by atoms with Gasteiger partial charge in [-0.2, -0.15) is 13.2 Å². The zero-order chi connectivity index (χ0) is 17.0. The average molecular weight is 318 g/mol. The summed E-state index contributed by atoms with van der Waals surface area (Å²) in [5.74, 6) is -3.10. The highest BCUT2D eigenvalue weighted by atomic mass is 19.4. The first kappa shape index (κ1) is 16.7. The highest BCUT2D eigenvalue weighted by Gasteiger charge is 2.42. The third-order valence-corrected chi connectivity index (χ3v) is 3.14. The molecule has 0 amide bonds. The Kier molecular flexibility index (Phi) is 4.79. The maximum atomic E-state index is 12.8. The van der Waals surface area contributed by atoms with E-state index >= 15 is 0 Å². The van der Waals surface area contributed by atoms with Crippen LogP contribution in [0.5, 0.6) is 0 Å². The van der Waals surface area contributed by atoms with Gasteiger partial charge in [0.05, 0.1) is 5.57 Å². The molecule has 0 aromatic heterocycles. The summed E-state index contributed by atoms with van der Waals surface area (Å²) in [6.45, 7) is 1.77. The van der Waals surface area contributed by atoms with Crippen LogP contribution in [-0.2, 0) is 4.79 Å². The predicted octanol–water partition coefficient (Wildman–Crippen LogP) is 4.39. The number of benzene rings is 2. The van der Waals surface area contributed by atoms with E-state index < -0.39 is 23.3 Å². The van der Waals surface area contributed by atoms with Crippen molar-refractivity contribution in [1.82, 2.24) is 0 Å². The van der Waals surface area contributed by atoms with Gasteiger partial charge in [-0.25, -0.2) is 0 Å². The average Bonchev–Trinajstić information content (AvgIpc) is 2.51. The molecule has 2 aromatic rings. The number of carbonyl (C=O) groups excluding carboxylic acids is 2. The molecule has 0 bridgehead atoms. The number of ketones is 2. The summed E-state index contributed by atoms with van der Waals surface area (Å²) in [6.07, 6.45) is -4.13. The monoisotopic (exact) mass is 318 g/mol. The Morgan fingerprint density at radius 1 is 0.957 bits per heavy atom. The van der Waals surface area contributed by atoms with Crippen molar-refractivity contribution in [3.05, 3.63) is 76.9 Å². The van der Waals surface area contributed by atoms with Gasteiger partial charge in [-0.3, -0.25) is 9.59 Å². The van der Waals surface area contributed by atoms with Crippen LogP contribution in [0.15, 0.2) is 60.2 Å². The van der Waals surface area contributed by atoms with E-state index in [9.17, 15) is 22.8 Å². The first-order valence-corrected chi connectivity index (χ1v) is 6.78. The van der Waals surface area contributed by atoms with Gasteiger partial charge in [0.25, 0.3) is 5.78 Å². The van der Waals surface area contributed by atoms with Crippen LogP contribution in [0.25, 0.3) is 6.08 Å². The fourth-order valence-corrected chi connectivity index (χ4v) is 2.06. The number of rotatable bonds is 4. The van der Waals surface area contributed by atoms with Gasteiger partial charge in [0.1, 0.15) is 0 Å². The van der Waals surface area contributed by atoms with E-state index in [4.69, 9.17) is 0 Å². The molecule has 0 unspecified atom stereocenters. The zero-order valence-electron chi connectivity index (χ0n) is 12.2. The molecule has 2 nitrogen and oxygen atoms in total. The SMILES string of the molecule is Cc1cccc(/C=C(/C(=O)c2ccccc2)C(=O)C(F)(F)F)c1. The molecule has 5 heteroatoms. The number of hydrogen-bond acceptors (Lipinski definition) is 2. The maximum absolute atomic E-state index is 12.8. The topological polar surface area (TPSA) is 34.1 Å². The lowest BCUT2D eigenvalue weighted by Gasteiger charge is -2.09. The molecule has 118 valence electrons. The van der Waals surface area contributed by atoms with Gasteiger partial charge < -0.3 is 0 Å². The van der Waals surface area contributed by atoms with E-state index in [-0.39, 0.29) is 5.56 Å². The lowest BCUT2D eigenvalue weighted by Crippen LogP contribution is -2.28. The summed E-state index contributed by atoms with van der Waals surface area (Å²) in [7, 11) is 0. The highest BCUT2D eigenvalue weighted by Crippen LogP contribution is 2.25. The Balaban J connectivity index is 2.53. The number of halogens is 3. The summed E-state index contributed by atoms with van der Waals surface area (Å²) in [4.78, 5) is 24.0. The number of carbonyl (C=O) groups is 2. The largest absolute Gasteiger partial charge is 0.455 e. The van der Waals surface area contributed by atoms with E-state index in [1.165, 1.54) is 30.3 Å². The lowest BCUT2D eigenvalue weighted by atomic mass is 9.97. The van der Waals surface area contributed by atoms with Gasteiger partial charge in [0.2, 0.25) is 0 Å². The molecule has 0 fully saturated rings.